The number of aliphatic hydroxyl groups excluding tert-OH is 1. The zero-order chi connectivity index (χ0) is 17.8. The third kappa shape index (κ3) is 4.43. The number of halogens is 1. The van der Waals surface area contributed by atoms with Crippen molar-refractivity contribution in [2.45, 2.75) is 43.8 Å². The first-order valence-electron chi connectivity index (χ1n) is 7.94. The molecule has 0 aliphatic heterocycles. The molecule has 1 atom stereocenters. The average Bonchev–Trinajstić information content (AvgIpc) is 3.19. The smallest absolute Gasteiger partial charge is 0.208 e. The van der Waals surface area contributed by atoms with Gasteiger partial charge in [-0.1, -0.05) is 18.7 Å². The zero-order valence-corrected chi connectivity index (χ0v) is 14.8. The molecule has 1 aromatic carbocycles. The Bertz CT molecular complexity index is 832. The van der Waals surface area contributed by atoms with Gasteiger partial charge in [0.15, 0.2) is 5.82 Å². The maximum atomic E-state index is 13.1. The number of benzene rings is 1. The van der Waals surface area contributed by atoms with Crippen molar-refractivity contribution in [1.82, 2.24) is 29.9 Å². The Balaban J connectivity index is 1.84. The minimum atomic E-state index is -0.503. The molecule has 0 aliphatic rings. The van der Waals surface area contributed by atoms with Gasteiger partial charge in [-0.05, 0) is 37.6 Å². The van der Waals surface area contributed by atoms with Crippen molar-refractivity contribution in [2.24, 2.45) is 0 Å². The highest BCUT2D eigenvalue weighted by atomic mass is 32.2. The number of nitrogens with zero attached hydrogens (tertiary/aromatic N) is 5. The van der Waals surface area contributed by atoms with Gasteiger partial charge < -0.3 is 5.11 Å². The van der Waals surface area contributed by atoms with Gasteiger partial charge in [-0.2, -0.15) is 5.10 Å². The van der Waals surface area contributed by atoms with Crippen molar-refractivity contribution in [3.8, 4) is 11.4 Å². The molecule has 2 N–H and O–H groups in total. The summed E-state index contributed by atoms with van der Waals surface area (Å²) in [5.74, 6) is 2.17. The van der Waals surface area contributed by atoms with Gasteiger partial charge in [-0.25, -0.2) is 19.0 Å². The fourth-order valence-electron chi connectivity index (χ4n) is 2.19. The minimum Gasteiger partial charge on any atom is -0.391 e. The van der Waals surface area contributed by atoms with E-state index in [1.807, 2.05) is 13.8 Å². The van der Waals surface area contributed by atoms with Gasteiger partial charge in [0.2, 0.25) is 5.16 Å². The van der Waals surface area contributed by atoms with Gasteiger partial charge in [0, 0.05) is 5.56 Å². The quantitative estimate of drug-likeness (QED) is 0.628. The van der Waals surface area contributed by atoms with E-state index in [4.69, 9.17) is 0 Å². The molecule has 0 bridgehead atoms. The zero-order valence-electron chi connectivity index (χ0n) is 14.0. The number of aromatic nitrogens is 6. The van der Waals surface area contributed by atoms with Crippen molar-refractivity contribution in [2.75, 3.05) is 0 Å². The van der Waals surface area contributed by atoms with Crippen LogP contribution in [0.3, 0.4) is 0 Å². The second-order valence-electron chi connectivity index (χ2n) is 5.59. The lowest BCUT2D eigenvalue weighted by Crippen LogP contribution is -2.17. The normalized spacial score (nSPS) is 12.5. The number of hydrogen-bond donors (Lipinski definition) is 2. The van der Waals surface area contributed by atoms with Gasteiger partial charge in [0.1, 0.15) is 17.5 Å². The summed E-state index contributed by atoms with van der Waals surface area (Å²) >= 11 is 1.44. The first-order valence-corrected chi connectivity index (χ1v) is 8.93. The summed E-state index contributed by atoms with van der Waals surface area (Å²) in [6.45, 7) is 4.10. The van der Waals surface area contributed by atoms with Crippen LogP contribution in [-0.4, -0.2) is 41.2 Å². The lowest BCUT2D eigenvalue weighted by atomic mass is 10.2. The van der Waals surface area contributed by atoms with Gasteiger partial charge in [0.25, 0.3) is 0 Å². The van der Waals surface area contributed by atoms with Crippen LogP contribution < -0.4 is 0 Å². The van der Waals surface area contributed by atoms with Crippen molar-refractivity contribution in [3.05, 3.63) is 41.7 Å². The molecule has 0 spiro atoms. The molecule has 0 amide bonds. The van der Waals surface area contributed by atoms with Crippen molar-refractivity contribution >= 4 is 11.8 Å². The van der Waals surface area contributed by atoms with Crippen molar-refractivity contribution in [3.63, 3.8) is 0 Å². The van der Waals surface area contributed by atoms with E-state index in [-0.39, 0.29) is 5.82 Å². The molecule has 132 valence electrons. The molecule has 2 heterocycles. The predicted molar refractivity (Wildman–Crippen MR) is 92.4 cm³/mol. The summed E-state index contributed by atoms with van der Waals surface area (Å²) in [4.78, 5) is 8.81. The van der Waals surface area contributed by atoms with E-state index in [1.54, 1.807) is 16.8 Å². The lowest BCUT2D eigenvalue weighted by molar-refractivity contribution is 0.144. The van der Waals surface area contributed by atoms with E-state index in [0.29, 0.717) is 35.5 Å². The Morgan fingerprint density at radius 1 is 1.28 bits per heavy atom. The third-order valence-corrected chi connectivity index (χ3v) is 4.46. The number of rotatable bonds is 7. The summed E-state index contributed by atoms with van der Waals surface area (Å²) < 4.78 is 14.8. The van der Waals surface area contributed by atoms with Gasteiger partial charge in [-0.15, -0.1) is 5.10 Å². The molecular formula is C16H19FN6OS. The second kappa shape index (κ2) is 7.75. The number of H-pyrrole nitrogens is 1. The number of hydrogen-bond acceptors (Lipinski definition) is 6. The van der Waals surface area contributed by atoms with E-state index < -0.39 is 6.10 Å². The van der Waals surface area contributed by atoms with Crippen LogP contribution in [0.5, 0.6) is 0 Å². The second-order valence-corrected chi connectivity index (χ2v) is 6.54. The number of aliphatic hydroxyl groups is 1. The maximum Gasteiger partial charge on any atom is 0.208 e. The monoisotopic (exact) mass is 362 g/mol. The Morgan fingerprint density at radius 3 is 2.68 bits per heavy atom. The van der Waals surface area contributed by atoms with Crippen LogP contribution in [0.2, 0.25) is 0 Å². The molecule has 7 nitrogen and oxygen atoms in total. The number of thioether (sulfide) groups is 1. The van der Waals surface area contributed by atoms with Crippen LogP contribution in [0.1, 0.15) is 25.0 Å². The highest BCUT2D eigenvalue weighted by Gasteiger charge is 2.15. The van der Waals surface area contributed by atoms with E-state index in [0.717, 1.165) is 11.4 Å². The van der Waals surface area contributed by atoms with Crippen LogP contribution in [0.15, 0.2) is 29.4 Å². The fraction of sp³-hybridized carbons (Fsp3) is 0.375. The summed E-state index contributed by atoms with van der Waals surface area (Å²) in [7, 11) is 0. The molecule has 25 heavy (non-hydrogen) atoms. The average molecular weight is 362 g/mol. The van der Waals surface area contributed by atoms with Crippen LogP contribution in [-0.2, 0) is 12.3 Å². The van der Waals surface area contributed by atoms with E-state index in [1.165, 1.54) is 23.9 Å². The Labute approximate surface area is 148 Å². The van der Waals surface area contributed by atoms with Crippen LogP contribution in [0.4, 0.5) is 4.39 Å². The van der Waals surface area contributed by atoms with Crippen molar-refractivity contribution in [1.29, 1.82) is 0 Å². The largest absolute Gasteiger partial charge is 0.391 e. The molecule has 0 saturated heterocycles. The summed E-state index contributed by atoms with van der Waals surface area (Å²) in [6.07, 6.45) is 0.121. The van der Waals surface area contributed by atoms with E-state index >= 15 is 0 Å². The molecule has 0 fully saturated rings. The topological polar surface area (TPSA) is 92.5 Å². The Kier molecular flexibility index (Phi) is 5.44. The Hall–Kier alpha value is -2.26. The van der Waals surface area contributed by atoms with E-state index in [2.05, 4.69) is 25.3 Å². The first kappa shape index (κ1) is 17.6. The highest BCUT2D eigenvalue weighted by molar-refractivity contribution is 7.98. The van der Waals surface area contributed by atoms with Gasteiger partial charge in [0.05, 0.1) is 18.4 Å². The van der Waals surface area contributed by atoms with Gasteiger partial charge in [-0.3, -0.25) is 5.10 Å². The van der Waals surface area contributed by atoms with Crippen LogP contribution >= 0.6 is 11.8 Å². The molecule has 0 saturated carbocycles. The number of nitrogens with one attached hydrogen (secondary N) is 1. The van der Waals surface area contributed by atoms with Crippen molar-refractivity contribution < 1.29 is 9.50 Å². The summed E-state index contributed by atoms with van der Waals surface area (Å²) in [6, 6.07) is 6.03. The SMILES string of the molecule is CC[C@H](O)Cn1nc(-c2ccc(F)cc2)nc1CSc1n[nH]c(C)n1. The number of aromatic amines is 1. The van der Waals surface area contributed by atoms with E-state index in [9.17, 15) is 9.50 Å². The summed E-state index contributed by atoms with van der Waals surface area (Å²) in [5, 5.41) is 22.0. The van der Waals surface area contributed by atoms with Gasteiger partial charge >= 0.3 is 0 Å². The molecular weight excluding hydrogens is 343 g/mol. The molecule has 0 radical (unpaired) electrons. The minimum absolute atomic E-state index is 0.305. The van der Waals surface area contributed by atoms with Crippen LogP contribution in [0, 0.1) is 12.7 Å². The molecule has 9 heteroatoms. The molecule has 3 rings (SSSR count). The molecule has 3 aromatic rings. The standard InChI is InChI=1S/C16H19FN6OS/c1-3-13(24)8-23-14(9-25-16-18-10(2)20-21-16)19-15(22-23)11-4-6-12(17)7-5-11/h4-7,13,24H,3,8-9H2,1-2H3,(H,18,20,21)/t13-/m0/s1. The van der Waals surface area contributed by atoms with Crippen LogP contribution in [0.25, 0.3) is 11.4 Å². The predicted octanol–water partition coefficient (Wildman–Crippen LogP) is 2.57. The molecule has 2 aromatic heterocycles. The molecule has 0 aliphatic carbocycles. The highest BCUT2D eigenvalue weighted by Crippen LogP contribution is 2.22. The fourth-order valence-corrected chi connectivity index (χ4v) is 2.98. The molecule has 0 unspecified atom stereocenters. The third-order valence-electron chi connectivity index (χ3n) is 3.61. The Morgan fingerprint density at radius 2 is 2.04 bits per heavy atom. The lowest BCUT2D eigenvalue weighted by Gasteiger charge is -2.09. The maximum absolute atomic E-state index is 13.1. The first-order chi connectivity index (χ1) is 12.0. The number of aryl methyl sites for hydroxylation is 1. The summed E-state index contributed by atoms with van der Waals surface area (Å²) in [5.41, 5.74) is 0.728.